The minimum Gasteiger partial charge on any atom is -0.444 e. The fourth-order valence-corrected chi connectivity index (χ4v) is 1.85. The van der Waals surface area contributed by atoms with Crippen molar-refractivity contribution in [1.29, 1.82) is 0 Å². The molecule has 1 rings (SSSR count). The van der Waals surface area contributed by atoms with Gasteiger partial charge < -0.3 is 9.64 Å². The molecule has 0 aromatic carbocycles. The summed E-state index contributed by atoms with van der Waals surface area (Å²) in [5.41, 5.74) is 0.833. The van der Waals surface area contributed by atoms with Gasteiger partial charge in [0.1, 0.15) is 5.60 Å². The van der Waals surface area contributed by atoms with Gasteiger partial charge in [-0.3, -0.25) is 0 Å². The molecule has 86 valence electrons. The Balaban J connectivity index is 2.53. The first kappa shape index (κ1) is 12.6. The van der Waals surface area contributed by atoms with Crippen molar-refractivity contribution in [2.24, 2.45) is 0 Å². The second-order valence-electron chi connectivity index (χ2n) is 4.77. The molecule has 1 heterocycles. The van der Waals surface area contributed by atoms with E-state index < -0.39 is 5.60 Å². The molecule has 15 heavy (non-hydrogen) atoms. The van der Waals surface area contributed by atoms with Crippen molar-refractivity contribution < 1.29 is 9.53 Å². The van der Waals surface area contributed by atoms with E-state index >= 15 is 0 Å². The van der Waals surface area contributed by atoms with Crippen LogP contribution in [0.4, 0.5) is 4.79 Å². The van der Waals surface area contributed by atoms with Crippen molar-refractivity contribution in [2.75, 3.05) is 13.1 Å². The van der Waals surface area contributed by atoms with Crippen LogP contribution in [0.2, 0.25) is 0 Å². The molecule has 0 N–H and O–H groups in total. The highest BCUT2D eigenvalue weighted by Crippen LogP contribution is 2.19. The maximum absolute atomic E-state index is 11.7. The van der Waals surface area contributed by atoms with Crippen molar-refractivity contribution in [2.45, 2.75) is 39.2 Å². The Hall–Kier alpha value is -0.510. The molecular formula is C11H18BrNO2. The molecule has 0 unspecified atom stereocenters. The molecule has 4 heteroatoms. The van der Waals surface area contributed by atoms with E-state index in [1.165, 1.54) is 5.57 Å². The number of nitrogens with zero attached hydrogens (tertiary/aromatic N) is 1. The van der Waals surface area contributed by atoms with Gasteiger partial charge in [0, 0.05) is 13.1 Å². The maximum Gasteiger partial charge on any atom is 0.410 e. The third kappa shape index (κ3) is 4.24. The Kier molecular flexibility index (Phi) is 4.20. The van der Waals surface area contributed by atoms with Crippen molar-refractivity contribution in [3.8, 4) is 0 Å². The van der Waals surface area contributed by atoms with Crippen molar-refractivity contribution in [3.63, 3.8) is 0 Å². The molecule has 0 aromatic heterocycles. The predicted molar refractivity (Wildman–Crippen MR) is 64.1 cm³/mol. The minimum atomic E-state index is -0.410. The lowest BCUT2D eigenvalue weighted by Crippen LogP contribution is -2.40. The Morgan fingerprint density at radius 2 is 2.20 bits per heavy atom. The Labute approximate surface area is 99.6 Å². The number of carbonyl (C=O) groups is 1. The van der Waals surface area contributed by atoms with E-state index in [0.29, 0.717) is 6.54 Å². The van der Waals surface area contributed by atoms with E-state index in [9.17, 15) is 4.79 Å². The number of piperidine rings is 1. The largest absolute Gasteiger partial charge is 0.444 e. The number of likely N-dealkylation sites (tertiary alicyclic amines) is 1. The van der Waals surface area contributed by atoms with Crippen LogP contribution < -0.4 is 0 Å². The maximum atomic E-state index is 11.7. The third-order valence-electron chi connectivity index (χ3n) is 2.13. The average Bonchev–Trinajstić information content (AvgIpc) is 2.15. The number of ether oxygens (including phenoxy) is 1. The van der Waals surface area contributed by atoms with Crippen LogP contribution in [0.3, 0.4) is 0 Å². The third-order valence-corrected chi connectivity index (χ3v) is 2.77. The number of rotatable bonds is 0. The van der Waals surface area contributed by atoms with Crippen molar-refractivity contribution in [3.05, 3.63) is 10.6 Å². The van der Waals surface area contributed by atoms with Crippen molar-refractivity contribution in [1.82, 2.24) is 4.90 Å². The molecule has 1 aliphatic heterocycles. The van der Waals surface area contributed by atoms with E-state index in [2.05, 4.69) is 15.9 Å². The second-order valence-corrected chi connectivity index (χ2v) is 5.23. The van der Waals surface area contributed by atoms with E-state index in [1.807, 2.05) is 25.8 Å². The second kappa shape index (κ2) is 5.01. The fraction of sp³-hybridized carbons (Fsp3) is 0.727. The van der Waals surface area contributed by atoms with Crippen LogP contribution in [0.5, 0.6) is 0 Å². The molecule has 0 bridgehead atoms. The average molecular weight is 276 g/mol. The summed E-state index contributed by atoms with van der Waals surface area (Å²) in [6.07, 6.45) is 1.86. The lowest BCUT2D eigenvalue weighted by molar-refractivity contribution is 0.0247. The number of hydrogen-bond acceptors (Lipinski definition) is 2. The van der Waals surface area contributed by atoms with Crippen LogP contribution >= 0.6 is 15.9 Å². The monoisotopic (exact) mass is 275 g/mol. The van der Waals surface area contributed by atoms with Gasteiger partial charge in [-0.2, -0.15) is 0 Å². The van der Waals surface area contributed by atoms with Gasteiger partial charge in [0.05, 0.1) is 0 Å². The summed E-state index contributed by atoms with van der Waals surface area (Å²) in [7, 11) is 0. The van der Waals surface area contributed by atoms with Crippen molar-refractivity contribution >= 4 is 22.0 Å². The number of carbonyl (C=O) groups excluding carboxylic acids is 1. The first-order chi connectivity index (χ1) is 6.92. The molecule has 0 aliphatic carbocycles. The molecule has 0 atom stereocenters. The molecule has 3 nitrogen and oxygen atoms in total. The van der Waals surface area contributed by atoms with E-state index in [4.69, 9.17) is 4.74 Å². The van der Waals surface area contributed by atoms with Gasteiger partial charge in [-0.15, -0.1) is 0 Å². The first-order valence-corrected chi connectivity index (χ1v) is 6.10. The predicted octanol–water partition coefficient (Wildman–Crippen LogP) is 3.30. The van der Waals surface area contributed by atoms with Gasteiger partial charge in [0.2, 0.25) is 0 Å². The molecule has 0 aromatic rings. The van der Waals surface area contributed by atoms with Gasteiger partial charge in [-0.05, 0) is 44.2 Å². The lowest BCUT2D eigenvalue weighted by Gasteiger charge is -2.31. The topological polar surface area (TPSA) is 29.5 Å². The zero-order valence-electron chi connectivity index (χ0n) is 9.55. The lowest BCUT2D eigenvalue weighted by atomic mass is 10.1. The molecule has 0 radical (unpaired) electrons. The highest BCUT2D eigenvalue weighted by atomic mass is 79.9. The smallest absolute Gasteiger partial charge is 0.410 e. The van der Waals surface area contributed by atoms with E-state index in [0.717, 1.165) is 19.4 Å². The molecule has 1 saturated heterocycles. The summed E-state index contributed by atoms with van der Waals surface area (Å²) < 4.78 is 5.31. The molecule has 0 saturated carbocycles. The molecule has 1 fully saturated rings. The Morgan fingerprint density at radius 3 is 2.73 bits per heavy atom. The minimum absolute atomic E-state index is 0.214. The fourth-order valence-electron chi connectivity index (χ4n) is 1.47. The molecule has 1 aliphatic rings. The van der Waals surface area contributed by atoms with Crippen LogP contribution in [0.25, 0.3) is 0 Å². The van der Waals surface area contributed by atoms with Gasteiger partial charge in [0.25, 0.3) is 0 Å². The van der Waals surface area contributed by atoms with E-state index in [-0.39, 0.29) is 6.09 Å². The van der Waals surface area contributed by atoms with E-state index in [1.54, 1.807) is 4.90 Å². The summed E-state index contributed by atoms with van der Waals surface area (Å²) >= 11 is 3.31. The zero-order valence-corrected chi connectivity index (χ0v) is 11.1. The first-order valence-electron chi connectivity index (χ1n) is 5.18. The van der Waals surface area contributed by atoms with Crippen LogP contribution in [-0.4, -0.2) is 29.7 Å². The quantitative estimate of drug-likeness (QED) is 0.679. The van der Waals surface area contributed by atoms with Gasteiger partial charge >= 0.3 is 6.09 Å². The summed E-state index contributed by atoms with van der Waals surface area (Å²) in [6, 6.07) is 0. The highest BCUT2D eigenvalue weighted by Gasteiger charge is 2.24. The van der Waals surface area contributed by atoms with Gasteiger partial charge in [0.15, 0.2) is 0 Å². The normalized spacial score (nSPS) is 20.5. The van der Waals surface area contributed by atoms with Crippen LogP contribution in [0.15, 0.2) is 10.6 Å². The van der Waals surface area contributed by atoms with Gasteiger partial charge in [-0.1, -0.05) is 15.9 Å². The summed E-state index contributed by atoms with van der Waals surface area (Å²) in [5.74, 6) is 0. The molecular weight excluding hydrogens is 258 g/mol. The standard InChI is InChI=1S/C11H18BrNO2/c1-11(2,3)15-10(14)13-6-4-5-9(7-12)8-13/h7H,4-6,8H2,1-3H3/b9-7-. The molecule has 0 spiro atoms. The van der Waals surface area contributed by atoms with Crippen LogP contribution in [-0.2, 0) is 4.74 Å². The van der Waals surface area contributed by atoms with Gasteiger partial charge in [-0.25, -0.2) is 4.79 Å². The Morgan fingerprint density at radius 1 is 1.53 bits per heavy atom. The summed E-state index contributed by atoms with van der Waals surface area (Å²) in [5, 5.41) is 0. The summed E-state index contributed by atoms with van der Waals surface area (Å²) in [6.45, 7) is 7.13. The van der Waals surface area contributed by atoms with Crippen LogP contribution in [0, 0.1) is 0 Å². The number of hydrogen-bond donors (Lipinski definition) is 0. The SMILES string of the molecule is CC(C)(C)OC(=O)N1CCC/C(=C/Br)C1. The summed E-state index contributed by atoms with van der Waals surface area (Å²) in [4.78, 5) is 15.4. The van der Waals surface area contributed by atoms with Crippen LogP contribution in [0.1, 0.15) is 33.6 Å². The zero-order chi connectivity index (χ0) is 11.5. The number of halogens is 1. The molecule has 1 amide bonds. The highest BCUT2D eigenvalue weighted by molar-refractivity contribution is 9.11. The Bertz CT molecular complexity index is 268. The number of amides is 1.